The maximum absolute atomic E-state index is 13.8. The molecule has 13 heteroatoms. The molecule has 0 bridgehead atoms. The fourth-order valence-corrected chi connectivity index (χ4v) is 4.86. The topological polar surface area (TPSA) is 135 Å². The number of aromatic nitrogens is 2. The number of nitrogens with one attached hydrogen (secondary N) is 1. The lowest BCUT2D eigenvalue weighted by molar-refractivity contribution is -0.147. The van der Waals surface area contributed by atoms with Gasteiger partial charge in [0.15, 0.2) is 11.6 Å². The molecular weight excluding hydrogens is 509 g/mol. The Morgan fingerprint density at radius 1 is 1.22 bits per heavy atom. The number of nitrogens with two attached hydrogens (primary N) is 1. The zero-order valence-corrected chi connectivity index (χ0v) is 22.2. The highest BCUT2D eigenvalue weighted by atomic mass is 31.2. The molecule has 0 fully saturated rings. The molecule has 37 heavy (non-hydrogen) atoms. The van der Waals surface area contributed by atoms with E-state index in [4.69, 9.17) is 24.5 Å². The highest BCUT2D eigenvalue weighted by Crippen LogP contribution is 2.44. The molecule has 0 amide bonds. The zero-order chi connectivity index (χ0) is 27.3. The van der Waals surface area contributed by atoms with Crippen LogP contribution in [0.2, 0.25) is 0 Å². The molecule has 0 saturated heterocycles. The number of halogens is 2. The van der Waals surface area contributed by atoms with Crippen molar-refractivity contribution < 1.29 is 36.9 Å². The standard InChI is InChI=1S/C24H35F2N4O6P/c1-4-5-9-12-33-23(31)21(17(2)3)30-37(32,36-18-10-7-6-8-11-18)16-35-19(13-25)15-34-24-28-14-20(26)22(27)29-24/h6-8,10-11,14,17,19,21H,4-5,9,12-13,15-16H2,1-3H3,(H,30,32)(H2,27,28,29)/t19-,21+,37?/m1/s1. The molecule has 206 valence electrons. The number of carbonyl (C=O) groups excluding carboxylic acids is 1. The second-order valence-corrected chi connectivity index (χ2v) is 10.6. The first kappa shape index (κ1) is 30.4. The number of nitrogens with zero attached hydrogens (tertiary/aromatic N) is 2. The van der Waals surface area contributed by atoms with Crippen molar-refractivity contribution in [2.75, 3.05) is 32.0 Å². The van der Waals surface area contributed by atoms with E-state index < -0.39 is 50.3 Å². The number of rotatable bonds is 17. The SMILES string of the molecule is CCCCCOC(=O)[C@@H](NP(=O)(CO[C@H](CF)COc1ncc(F)c(N)n1)Oc1ccccc1)C(C)C. The maximum Gasteiger partial charge on any atom is 0.342 e. The van der Waals surface area contributed by atoms with Gasteiger partial charge in [0.2, 0.25) is 0 Å². The van der Waals surface area contributed by atoms with Gasteiger partial charge in [0, 0.05) is 0 Å². The number of anilines is 1. The van der Waals surface area contributed by atoms with Crippen LogP contribution in [0.1, 0.15) is 40.0 Å². The second-order valence-electron chi connectivity index (χ2n) is 8.57. The third-order valence-electron chi connectivity index (χ3n) is 5.04. The summed E-state index contributed by atoms with van der Waals surface area (Å²) in [5.41, 5.74) is 5.38. The highest BCUT2D eigenvalue weighted by Gasteiger charge is 2.36. The number of nitrogen functional groups attached to an aromatic ring is 1. The lowest BCUT2D eigenvalue weighted by atomic mass is 10.1. The third-order valence-corrected chi connectivity index (χ3v) is 6.71. The maximum atomic E-state index is 13.8. The molecule has 2 rings (SSSR count). The molecule has 1 aromatic carbocycles. The Kier molecular flexibility index (Phi) is 12.7. The zero-order valence-electron chi connectivity index (χ0n) is 21.3. The number of esters is 1. The molecule has 3 N–H and O–H groups in total. The summed E-state index contributed by atoms with van der Waals surface area (Å²) in [6, 6.07) is 7.09. The second kappa shape index (κ2) is 15.4. The number of ether oxygens (including phenoxy) is 3. The van der Waals surface area contributed by atoms with Crippen LogP contribution in [0.15, 0.2) is 36.5 Å². The summed E-state index contributed by atoms with van der Waals surface area (Å²) in [5, 5.41) is 2.77. The summed E-state index contributed by atoms with van der Waals surface area (Å²) < 4.78 is 62.6. The van der Waals surface area contributed by atoms with Crippen LogP contribution in [-0.2, 0) is 18.8 Å². The molecule has 1 unspecified atom stereocenters. The van der Waals surface area contributed by atoms with Crippen molar-refractivity contribution in [3.8, 4) is 11.8 Å². The van der Waals surface area contributed by atoms with Gasteiger partial charge in [0.05, 0.1) is 12.8 Å². The highest BCUT2D eigenvalue weighted by molar-refractivity contribution is 7.57. The van der Waals surface area contributed by atoms with Crippen molar-refractivity contribution in [3.05, 3.63) is 42.3 Å². The van der Waals surface area contributed by atoms with Crippen LogP contribution in [0.3, 0.4) is 0 Å². The molecule has 10 nitrogen and oxygen atoms in total. The monoisotopic (exact) mass is 544 g/mol. The molecule has 0 spiro atoms. The summed E-state index contributed by atoms with van der Waals surface area (Å²) in [4.78, 5) is 20.0. The van der Waals surface area contributed by atoms with E-state index in [0.717, 1.165) is 25.5 Å². The summed E-state index contributed by atoms with van der Waals surface area (Å²) in [6.07, 6.45) is 1.65. The average Bonchev–Trinajstić information content (AvgIpc) is 2.87. The summed E-state index contributed by atoms with van der Waals surface area (Å²) in [6.45, 7) is 4.44. The largest absolute Gasteiger partial charge is 0.465 e. The van der Waals surface area contributed by atoms with Crippen molar-refractivity contribution in [3.63, 3.8) is 0 Å². The van der Waals surface area contributed by atoms with Gasteiger partial charge >= 0.3 is 19.5 Å². The molecule has 0 aliphatic heterocycles. The molecule has 1 heterocycles. The smallest absolute Gasteiger partial charge is 0.342 e. The first-order valence-electron chi connectivity index (χ1n) is 12.0. The molecule has 0 aliphatic rings. The van der Waals surface area contributed by atoms with Crippen LogP contribution in [0.5, 0.6) is 11.8 Å². The van der Waals surface area contributed by atoms with Crippen molar-refractivity contribution >= 4 is 19.3 Å². The van der Waals surface area contributed by atoms with Gasteiger partial charge < -0.3 is 24.5 Å². The van der Waals surface area contributed by atoms with Crippen LogP contribution >= 0.6 is 7.52 Å². The molecule has 0 aliphatic carbocycles. The minimum absolute atomic E-state index is 0.245. The number of hydrogen-bond donors (Lipinski definition) is 2. The van der Waals surface area contributed by atoms with E-state index in [9.17, 15) is 18.1 Å². The van der Waals surface area contributed by atoms with Gasteiger partial charge in [-0.15, -0.1) is 0 Å². The van der Waals surface area contributed by atoms with Gasteiger partial charge in [-0.25, -0.2) is 18.9 Å². The minimum Gasteiger partial charge on any atom is -0.465 e. The van der Waals surface area contributed by atoms with Gasteiger partial charge in [0.25, 0.3) is 0 Å². The molecule has 2 aromatic rings. The third kappa shape index (κ3) is 10.6. The lowest BCUT2D eigenvalue weighted by Gasteiger charge is -2.28. The summed E-state index contributed by atoms with van der Waals surface area (Å²) in [5.74, 6) is -1.84. The summed E-state index contributed by atoms with van der Waals surface area (Å²) >= 11 is 0. The minimum atomic E-state index is -3.92. The first-order valence-corrected chi connectivity index (χ1v) is 13.8. The van der Waals surface area contributed by atoms with Gasteiger partial charge in [0.1, 0.15) is 37.5 Å². The van der Waals surface area contributed by atoms with Gasteiger partial charge in [-0.1, -0.05) is 51.8 Å². The van der Waals surface area contributed by atoms with Gasteiger partial charge in [-0.2, -0.15) is 4.98 Å². The number of unbranched alkanes of at least 4 members (excludes halogenated alkanes) is 2. The van der Waals surface area contributed by atoms with Crippen LogP contribution < -0.4 is 20.1 Å². The van der Waals surface area contributed by atoms with E-state index in [1.54, 1.807) is 44.2 Å². The van der Waals surface area contributed by atoms with E-state index in [1.807, 2.05) is 6.92 Å². The molecule has 1 aromatic heterocycles. The Balaban J connectivity index is 2.11. The molecule has 3 atom stereocenters. The van der Waals surface area contributed by atoms with Crippen LogP contribution in [0, 0.1) is 11.7 Å². The van der Waals surface area contributed by atoms with Crippen LogP contribution in [0.4, 0.5) is 14.6 Å². The fraction of sp³-hybridized carbons (Fsp3) is 0.542. The van der Waals surface area contributed by atoms with Gasteiger partial charge in [-0.05, 0) is 24.5 Å². The first-order chi connectivity index (χ1) is 17.7. The van der Waals surface area contributed by atoms with Crippen molar-refractivity contribution in [1.82, 2.24) is 15.1 Å². The molecule has 0 radical (unpaired) electrons. The number of hydrogen-bond acceptors (Lipinski definition) is 9. The van der Waals surface area contributed by atoms with E-state index in [1.165, 1.54) is 0 Å². The number of para-hydroxylation sites is 1. The molecular formula is C24H35F2N4O6P. The van der Waals surface area contributed by atoms with E-state index in [0.29, 0.717) is 0 Å². The fourth-order valence-electron chi connectivity index (χ4n) is 2.98. The normalized spacial score (nSPS) is 14.5. The Labute approximate surface area is 215 Å². The Morgan fingerprint density at radius 3 is 2.57 bits per heavy atom. The molecule has 0 saturated carbocycles. The number of benzene rings is 1. The van der Waals surface area contributed by atoms with Gasteiger partial charge in [-0.3, -0.25) is 9.36 Å². The lowest BCUT2D eigenvalue weighted by Crippen LogP contribution is -2.42. The quantitative estimate of drug-likeness (QED) is 0.166. The number of alkyl halides is 1. The van der Waals surface area contributed by atoms with E-state index in [2.05, 4.69) is 15.1 Å². The van der Waals surface area contributed by atoms with Crippen LogP contribution in [0.25, 0.3) is 0 Å². The average molecular weight is 545 g/mol. The van der Waals surface area contributed by atoms with E-state index >= 15 is 0 Å². The number of carbonyl (C=O) groups is 1. The predicted molar refractivity (Wildman–Crippen MR) is 135 cm³/mol. The summed E-state index contributed by atoms with van der Waals surface area (Å²) in [7, 11) is -3.92. The van der Waals surface area contributed by atoms with Crippen molar-refractivity contribution in [2.24, 2.45) is 5.92 Å². The Bertz CT molecular complexity index is 1020. The van der Waals surface area contributed by atoms with Crippen LogP contribution in [-0.4, -0.2) is 54.3 Å². The van der Waals surface area contributed by atoms with Crippen molar-refractivity contribution in [1.29, 1.82) is 0 Å². The Hall–Kier alpha value is -2.82. The Morgan fingerprint density at radius 2 is 1.95 bits per heavy atom. The predicted octanol–water partition coefficient (Wildman–Crippen LogP) is 4.51. The van der Waals surface area contributed by atoms with Crippen molar-refractivity contribution in [2.45, 2.75) is 52.2 Å². The van der Waals surface area contributed by atoms with E-state index in [-0.39, 0.29) is 30.9 Å².